The molecule has 0 aliphatic rings. The molecular weight excluding hydrogens is 128 g/mol. The smallest absolute Gasteiger partial charge is 0.0911 e. The summed E-state index contributed by atoms with van der Waals surface area (Å²) in [6, 6.07) is 0. The lowest BCUT2D eigenvalue weighted by atomic mass is 9.98. The summed E-state index contributed by atoms with van der Waals surface area (Å²) in [5.74, 6) is 0. The van der Waals surface area contributed by atoms with E-state index in [0.717, 1.165) is 0 Å². The Hall–Kier alpha value is -0.340. The van der Waals surface area contributed by atoms with Gasteiger partial charge in [0.05, 0.1) is 12.2 Å². The lowest BCUT2D eigenvalue weighted by Gasteiger charge is -2.23. The van der Waals surface area contributed by atoms with E-state index in [1.807, 2.05) is 6.92 Å². The third kappa shape index (κ3) is 2.99. The fourth-order valence-electron chi connectivity index (χ4n) is 0.843. The van der Waals surface area contributed by atoms with Gasteiger partial charge in [-0.3, -0.25) is 0 Å². The minimum atomic E-state index is -0.698. The van der Waals surface area contributed by atoms with Crippen molar-refractivity contribution >= 4 is 0 Å². The first kappa shape index (κ1) is 9.66. The van der Waals surface area contributed by atoms with E-state index in [1.165, 1.54) is 0 Å². The highest BCUT2D eigenvalue weighted by Crippen LogP contribution is 2.14. The monoisotopic (exact) mass is 144 g/mol. The van der Waals surface area contributed by atoms with Gasteiger partial charge in [-0.2, -0.15) is 0 Å². The lowest BCUT2D eigenvalue weighted by molar-refractivity contribution is -0.0313. The fraction of sp³-hybridized carbons (Fsp3) is 0.750. The maximum atomic E-state index is 9.62. The van der Waals surface area contributed by atoms with Crippen molar-refractivity contribution in [3.05, 3.63) is 12.7 Å². The van der Waals surface area contributed by atoms with E-state index in [4.69, 9.17) is 4.74 Å². The van der Waals surface area contributed by atoms with Gasteiger partial charge in [0.2, 0.25) is 0 Å². The quantitative estimate of drug-likeness (QED) is 0.590. The van der Waals surface area contributed by atoms with Gasteiger partial charge in [-0.15, -0.1) is 6.58 Å². The van der Waals surface area contributed by atoms with E-state index in [-0.39, 0.29) is 0 Å². The van der Waals surface area contributed by atoms with Crippen molar-refractivity contribution in [2.24, 2.45) is 0 Å². The second kappa shape index (κ2) is 4.47. The number of aliphatic hydroxyl groups is 1. The molecule has 0 aromatic heterocycles. The van der Waals surface area contributed by atoms with Crippen molar-refractivity contribution in [3.63, 3.8) is 0 Å². The normalized spacial score (nSPS) is 16.3. The predicted molar refractivity (Wildman–Crippen MR) is 41.9 cm³/mol. The summed E-state index contributed by atoms with van der Waals surface area (Å²) in [4.78, 5) is 0. The second-order valence-corrected chi connectivity index (χ2v) is 2.50. The molecule has 0 aliphatic carbocycles. The Morgan fingerprint density at radius 3 is 2.60 bits per heavy atom. The third-order valence-electron chi connectivity index (χ3n) is 1.60. The molecule has 0 aliphatic heterocycles. The molecule has 0 heterocycles. The number of hydrogen-bond donors (Lipinski definition) is 1. The number of hydrogen-bond acceptors (Lipinski definition) is 2. The Morgan fingerprint density at radius 1 is 1.70 bits per heavy atom. The van der Waals surface area contributed by atoms with Crippen LogP contribution >= 0.6 is 0 Å². The number of rotatable bonds is 5. The van der Waals surface area contributed by atoms with Gasteiger partial charge in [0.1, 0.15) is 0 Å². The number of methoxy groups -OCH3 is 1. The van der Waals surface area contributed by atoms with E-state index >= 15 is 0 Å². The van der Waals surface area contributed by atoms with Crippen molar-refractivity contribution in [1.29, 1.82) is 0 Å². The zero-order valence-corrected chi connectivity index (χ0v) is 6.76. The van der Waals surface area contributed by atoms with Gasteiger partial charge >= 0.3 is 0 Å². The summed E-state index contributed by atoms with van der Waals surface area (Å²) in [5.41, 5.74) is -0.698. The standard InChI is InChI=1S/C8H16O2/c1-4-6-8(9,5-2)7-10-3/h4,9H,1,5-7H2,2-3H3. The van der Waals surface area contributed by atoms with E-state index in [9.17, 15) is 5.11 Å². The second-order valence-electron chi connectivity index (χ2n) is 2.50. The molecule has 0 aromatic carbocycles. The van der Waals surface area contributed by atoms with E-state index in [0.29, 0.717) is 19.4 Å². The highest BCUT2D eigenvalue weighted by atomic mass is 16.5. The molecule has 10 heavy (non-hydrogen) atoms. The van der Waals surface area contributed by atoms with Gasteiger partial charge in [0.15, 0.2) is 0 Å². The Balaban J connectivity index is 3.80. The molecule has 0 bridgehead atoms. The van der Waals surface area contributed by atoms with Crippen LogP contribution in [0.2, 0.25) is 0 Å². The lowest BCUT2D eigenvalue weighted by Crippen LogP contribution is -2.32. The van der Waals surface area contributed by atoms with Gasteiger partial charge in [0.25, 0.3) is 0 Å². The first-order valence-corrected chi connectivity index (χ1v) is 3.50. The van der Waals surface area contributed by atoms with Crippen LogP contribution in [0.3, 0.4) is 0 Å². The average Bonchev–Trinajstić information content (AvgIpc) is 1.89. The fourth-order valence-corrected chi connectivity index (χ4v) is 0.843. The summed E-state index contributed by atoms with van der Waals surface area (Å²) in [5, 5.41) is 9.62. The van der Waals surface area contributed by atoms with Gasteiger partial charge < -0.3 is 9.84 Å². The molecule has 60 valence electrons. The summed E-state index contributed by atoms with van der Waals surface area (Å²) in [6.45, 7) is 5.88. The summed E-state index contributed by atoms with van der Waals surface area (Å²) >= 11 is 0. The van der Waals surface area contributed by atoms with Crippen molar-refractivity contribution in [2.75, 3.05) is 13.7 Å². The SMILES string of the molecule is C=CCC(O)(CC)COC. The van der Waals surface area contributed by atoms with Gasteiger partial charge in [0, 0.05) is 7.11 Å². The van der Waals surface area contributed by atoms with Crippen LogP contribution in [0.25, 0.3) is 0 Å². The van der Waals surface area contributed by atoms with Crippen molar-refractivity contribution in [1.82, 2.24) is 0 Å². The van der Waals surface area contributed by atoms with Crippen LogP contribution in [-0.2, 0) is 4.74 Å². The molecule has 1 atom stereocenters. The maximum absolute atomic E-state index is 9.62. The first-order chi connectivity index (χ1) is 4.68. The number of ether oxygens (including phenoxy) is 1. The molecule has 0 aromatic rings. The van der Waals surface area contributed by atoms with Gasteiger partial charge in [-0.25, -0.2) is 0 Å². The zero-order chi connectivity index (χ0) is 8.04. The third-order valence-corrected chi connectivity index (χ3v) is 1.60. The minimum absolute atomic E-state index is 0.384. The molecule has 1 unspecified atom stereocenters. The van der Waals surface area contributed by atoms with Crippen molar-refractivity contribution in [3.8, 4) is 0 Å². The van der Waals surface area contributed by atoms with Crippen LogP contribution in [-0.4, -0.2) is 24.4 Å². The van der Waals surface area contributed by atoms with Gasteiger partial charge in [-0.05, 0) is 12.8 Å². The zero-order valence-electron chi connectivity index (χ0n) is 6.76. The predicted octanol–water partition coefficient (Wildman–Crippen LogP) is 1.35. The highest BCUT2D eigenvalue weighted by Gasteiger charge is 2.21. The van der Waals surface area contributed by atoms with Crippen LogP contribution in [0.4, 0.5) is 0 Å². The van der Waals surface area contributed by atoms with Crippen molar-refractivity contribution < 1.29 is 9.84 Å². The molecule has 2 nitrogen and oxygen atoms in total. The molecule has 0 spiro atoms. The minimum Gasteiger partial charge on any atom is -0.387 e. The highest BCUT2D eigenvalue weighted by molar-refractivity contribution is 4.85. The molecular formula is C8H16O2. The molecule has 0 radical (unpaired) electrons. The van der Waals surface area contributed by atoms with Crippen LogP contribution < -0.4 is 0 Å². The Morgan fingerprint density at radius 2 is 2.30 bits per heavy atom. The summed E-state index contributed by atoms with van der Waals surface area (Å²) in [6.07, 6.45) is 3.01. The topological polar surface area (TPSA) is 29.5 Å². The van der Waals surface area contributed by atoms with E-state index in [2.05, 4.69) is 6.58 Å². The van der Waals surface area contributed by atoms with Crippen LogP contribution in [0.1, 0.15) is 19.8 Å². The van der Waals surface area contributed by atoms with Crippen molar-refractivity contribution in [2.45, 2.75) is 25.4 Å². The maximum Gasteiger partial charge on any atom is 0.0911 e. The Bertz CT molecular complexity index is 101. The molecule has 2 heteroatoms. The summed E-state index contributed by atoms with van der Waals surface area (Å²) in [7, 11) is 1.59. The molecule has 0 saturated carbocycles. The Kier molecular flexibility index (Phi) is 4.32. The van der Waals surface area contributed by atoms with Crippen LogP contribution in [0.15, 0.2) is 12.7 Å². The molecule has 0 fully saturated rings. The van der Waals surface area contributed by atoms with E-state index in [1.54, 1.807) is 13.2 Å². The first-order valence-electron chi connectivity index (χ1n) is 3.50. The average molecular weight is 144 g/mol. The molecule has 1 N–H and O–H groups in total. The largest absolute Gasteiger partial charge is 0.387 e. The van der Waals surface area contributed by atoms with Crippen LogP contribution in [0, 0.1) is 0 Å². The molecule has 0 amide bonds. The van der Waals surface area contributed by atoms with E-state index < -0.39 is 5.60 Å². The molecule has 0 saturated heterocycles. The molecule has 0 rings (SSSR count). The summed E-state index contributed by atoms with van der Waals surface area (Å²) < 4.78 is 4.85. The van der Waals surface area contributed by atoms with Crippen LogP contribution in [0.5, 0.6) is 0 Å². The Labute approximate surface area is 62.5 Å². The van der Waals surface area contributed by atoms with Gasteiger partial charge in [-0.1, -0.05) is 13.0 Å².